The van der Waals surface area contributed by atoms with Crippen LogP contribution in [0.4, 0.5) is 13.2 Å². The van der Waals surface area contributed by atoms with Crippen molar-refractivity contribution in [3.63, 3.8) is 0 Å². The number of alkyl halides is 3. The van der Waals surface area contributed by atoms with E-state index in [2.05, 4.69) is 12.1 Å². The Morgan fingerprint density at radius 2 is 1.58 bits per heavy atom. The molecule has 5 unspecified atom stereocenters. The summed E-state index contributed by atoms with van der Waals surface area (Å²) in [6, 6.07) is 11.9. The third-order valence-electron chi connectivity index (χ3n) is 7.74. The van der Waals surface area contributed by atoms with E-state index in [1.165, 1.54) is 75.4 Å². The number of hydrogen-bond donors (Lipinski definition) is 0. The Hall–Kier alpha value is -1.86. The van der Waals surface area contributed by atoms with Crippen LogP contribution in [0.15, 0.2) is 48.5 Å². The summed E-state index contributed by atoms with van der Waals surface area (Å²) >= 11 is 0. The van der Waals surface area contributed by atoms with Gasteiger partial charge in [0, 0.05) is 7.05 Å². The SMILES string of the molecule is CN(C(c1ccc(Oc2ccc(CCC3CC4CCCC3C4)cc2)cc1)C(F)(F)F)S(=O)C(C)(C)C. The molecule has 0 aromatic heterocycles. The molecular weight excluding hydrogens is 483 g/mol. The molecule has 0 aliphatic heterocycles. The average Bonchev–Trinajstić information content (AvgIpc) is 3.09. The quantitative estimate of drug-likeness (QED) is 0.350. The van der Waals surface area contributed by atoms with Gasteiger partial charge >= 0.3 is 6.18 Å². The largest absolute Gasteiger partial charge is 0.457 e. The van der Waals surface area contributed by atoms with E-state index in [1.807, 2.05) is 12.1 Å². The van der Waals surface area contributed by atoms with E-state index in [0.29, 0.717) is 11.5 Å². The Bertz CT molecular complexity index is 1030. The summed E-state index contributed by atoms with van der Waals surface area (Å²) in [7, 11) is -0.566. The van der Waals surface area contributed by atoms with Gasteiger partial charge in [-0.25, -0.2) is 8.51 Å². The smallest absolute Gasteiger partial charge is 0.409 e. The molecule has 7 heteroatoms. The average molecular weight is 522 g/mol. The number of nitrogens with zero attached hydrogens (tertiary/aromatic N) is 1. The van der Waals surface area contributed by atoms with Crippen molar-refractivity contribution in [3.8, 4) is 11.5 Å². The Balaban J connectivity index is 1.37. The molecule has 2 aliphatic carbocycles. The van der Waals surface area contributed by atoms with Crippen LogP contribution in [0.25, 0.3) is 0 Å². The standard InChI is InChI=1S/C29H38F3NO2S/c1-28(2,3)36(34)33(4)27(29(30,31)32)22-12-16-26(17-13-22)35-25-14-9-20(10-15-25)8-11-24-19-21-6-5-7-23(24)18-21/h9-10,12-17,21,23-24,27H,5-8,11,18-19H2,1-4H3. The molecule has 2 saturated carbocycles. The first-order valence-corrected chi connectivity index (χ1v) is 14.1. The number of hydrogen-bond acceptors (Lipinski definition) is 2. The second-order valence-corrected chi connectivity index (χ2v) is 13.8. The zero-order valence-electron chi connectivity index (χ0n) is 21.7. The second kappa shape index (κ2) is 10.9. The number of aryl methyl sites for hydroxylation is 1. The second-order valence-electron chi connectivity index (χ2n) is 11.5. The van der Waals surface area contributed by atoms with Crippen LogP contribution in [0.2, 0.25) is 0 Å². The fourth-order valence-electron chi connectivity index (χ4n) is 6.01. The molecular formula is C29H38F3NO2S. The Kier molecular flexibility index (Phi) is 8.20. The van der Waals surface area contributed by atoms with Gasteiger partial charge in [-0.1, -0.05) is 43.5 Å². The molecule has 0 saturated heterocycles. The van der Waals surface area contributed by atoms with E-state index in [1.54, 1.807) is 20.8 Å². The lowest BCUT2D eigenvalue weighted by Gasteiger charge is -2.33. The molecule has 3 nitrogen and oxygen atoms in total. The van der Waals surface area contributed by atoms with Crippen molar-refractivity contribution in [1.82, 2.24) is 4.31 Å². The molecule has 0 radical (unpaired) electrons. The van der Waals surface area contributed by atoms with Gasteiger partial charge in [-0.2, -0.15) is 13.2 Å². The minimum absolute atomic E-state index is 0.0294. The highest BCUT2D eigenvalue weighted by Gasteiger charge is 2.46. The maximum Gasteiger partial charge on any atom is 0.409 e. The number of rotatable bonds is 8. The minimum atomic E-state index is -4.56. The van der Waals surface area contributed by atoms with Crippen LogP contribution < -0.4 is 4.74 Å². The zero-order chi connectivity index (χ0) is 26.1. The normalized spacial score (nSPS) is 24.1. The fraction of sp³-hybridized carbons (Fsp3) is 0.586. The van der Waals surface area contributed by atoms with Gasteiger partial charge in [-0.3, -0.25) is 0 Å². The molecule has 2 aromatic carbocycles. The van der Waals surface area contributed by atoms with E-state index in [-0.39, 0.29) is 5.56 Å². The summed E-state index contributed by atoms with van der Waals surface area (Å²) in [4.78, 5) is 0. The van der Waals surface area contributed by atoms with Crippen LogP contribution in [0, 0.1) is 17.8 Å². The summed E-state index contributed by atoms with van der Waals surface area (Å²) in [6.07, 6.45) is 4.82. The summed E-state index contributed by atoms with van der Waals surface area (Å²) < 4.78 is 60.4. The molecule has 2 bridgehead atoms. The lowest BCUT2D eigenvalue weighted by Crippen LogP contribution is -2.42. The van der Waals surface area contributed by atoms with Crippen LogP contribution in [0.1, 0.15) is 76.5 Å². The summed E-state index contributed by atoms with van der Waals surface area (Å²) in [5, 5.41) is 0. The number of ether oxygens (including phenoxy) is 1. The van der Waals surface area contributed by atoms with E-state index < -0.39 is 28.0 Å². The third kappa shape index (κ3) is 6.52. The first-order chi connectivity index (χ1) is 16.9. The molecule has 2 fully saturated rings. The fourth-order valence-corrected chi connectivity index (χ4v) is 7.31. The van der Waals surface area contributed by atoms with Gasteiger partial charge in [-0.05, 0) is 99.6 Å². The van der Waals surface area contributed by atoms with Gasteiger partial charge in [0.25, 0.3) is 0 Å². The van der Waals surface area contributed by atoms with Crippen molar-refractivity contribution in [1.29, 1.82) is 0 Å². The number of benzene rings is 2. The molecule has 5 atom stereocenters. The van der Waals surface area contributed by atoms with Crippen LogP contribution in [0.3, 0.4) is 0 Å². The van der Waals surface area contributed by atoms with Crippen molar-refractivity contribution in [2.75, 3.05) is 7.05 Å². The monoisotopic (exact) mass is 521 g/mol. The van der Waals surface area contributed by atoms with Crippen molar-refractivity contribution < 1.29 is 22.1 Å². The summed E-state index contributed by atoms with van der Waals surface area (Å²) in [5.41, 5.74) is 1.32. The van der Waals surface area contributed by atoms with Gasteiger partial charge < -0.3 is 4.74 Å². The van der Waals surface area contributed by atoms with Crippen molar-refractivity contribution in [3.05, 3.63) is 59.7 Å². The predicted molar refractivity (Wildman–Crippen MR) is 139 cm³/mol. The van der Waals surface area contributed by atoms with Gasteiger partial charge in [0.2, 0.25) is 0 Å². The van der Waals surface area contributed by atoms with E-state index in [0.717, 1.165) is 28.5 Å². The van der Waals surface area contributed by atoms with E-state index in [4.69, 9.17) is 4.74 Å². The van der Waals surface area contributed by atoms with Crippen molar-refractivity contribution in [2.45, 2.75) is 82.7 Å². The van der Waals surface area contributed by atoms with Crippen LogP contribution >= 0.6 is 0 Å². The molecule has 198 valence electrons. The van der Waals surface area contributed by atoms with Gasteiger partial charge in [0.1, 0.15) is 28.5 Å². The summed E-state index contributed by atoms with van der Waals surface area (Å²) in [6.45, 7) is 4.98. The van der Waals surface area contributed by atoms with Gasteiger partial charge in [0.15, 0.2) is 0 Å². The number of fused-ring (bicyclic) bond motifs is 2. The van der Waals surface area contributed by atoms with Gasteiger partial charge in [-0.15, -0.1) is 0 Å². The first-order valence-electron chi connectivity index (χ1n) is 13.0. The highest BCUT2D eigenvalue weighted by atomic mass is 32.2. The van der Waals surface area contributed by atoms with E-state index in [9.17, 15) is 17.4 Å². The highest BCUT2D eigenvalue weighted by molar-refractivity contribution is 7.84. The van der Waals surface area contributed by atoms with Gasteiger partial charge in [0.05, 0.1) is 4.75 Å². The number of halogens is 3. The molecule has 4 rings (SSSR count). The molecule has 2 aliphatic rings. The zero-order valence-corrected chi connectivity index (χ0v) is 22.5. The predicted octanol–water partition coefficient (Wildman–Crippen LogP) is 8.24. The molecule has 0 spiro atoms. The third-order valence-corrected chi connectivity index (χ3v) is 9.53. The molecule has 2 aromatic rings. The maximum atomic E-state index is 13.9. The molecule has 0 heterocycles. The van der Waals surface area contributed by atoms with Crippen LogP contribution in [0.5, 0.6) is 11.5 Å². The molecule has 0 N–H and O–H groups in total. The van der Waals surface area contributed by atoms with Crippen LogP contribution in [-0.4, -0.2) is 26.5 Å². The lowest BCUT2D eigenvalue weighted by atomic mass is 9.85. The Morgan fingerprint density at radius 3 is 2.14 bits per heavy atom. The van der Waals surface area contributed by atoms with Crippen LogP contribution in [-0.2, 0) is 17.4 Å². The van der Waals surface area contributed by atoms with E-state index >= 15 is 0 Å². The topological polar surface area (TPSA) is 29.5 Å². The first kappa shape index (κ1) is 27.2. The Labute approximate surface area is 216 Å². The molecule has 36 heavy (non-hydrogen) atoms. The lowest BCUT2D eigenvalue weighted by molar-refractivity contribution is -0.170. The van der Waals surface area contributed by atoms with Crippen molar-refractivity contribution in [2.24, 2.45) is 17.8 Å². The minimum Gasteiger partial charge on any atom is -0.457 e. The molecule has 0 amide bonds. The maximum absolute atomic E-state index is 13.9. The summed E-state index contributed by atoms with van der Waals surface area (Å²) in [5.74, 6) is 3.88. The Morgan fingerprint density at radius 1 is 0.972 bits per heavy atom. The highest BCUT2D eigenvalue weighted by Crippen LogP contribution is 2.47. The van der Waals surface area contributed by atoms with Crippen molar-refractivity contribution >= 4 is 11.0 Å².